The fraction of sp³-hybridized carbons (Fsp3) is 0.400. The Morgan fingerprint density at radius 2 is 1.94 bits per heavy atom. The second kappa shape index (κ2) is 12.3. The van der Waals surface area contributed by atoms with Gasteiger partial charge in [0.2, 0.25) is 11.8 Å². The van der Waals surface area contributed by atoms with Crippen molar-refractivity contribution in [2.45, 2.75) is 36.3 Å². The average Bonchev–Trinajstić information content (AvgIpc) is 2.78. The van der Waals surface area contributed by atoms with E-state index in [0.29, 0.717) is 11.1 Å². The van der Waals surface area contributed by atoms with Gasteiger partial charge in [0, 0.05) is 17.7 Å². The van der Waals surface area contributed by atoms with E-state index in [9.17, 15) is 34.7 Å². The largest absolute Gasteiger partial charge is 0.733 e. The number of nitrogens with two attached hydrogens (primary N) is 1. The maximum absolute atomic E-state index is 12.5. The van der Waals surface area contributed by atoms with E-state index in [4.69, 9.17) is 15.9 Å². The van der Waals surface area contributed by atoms with Crippen molar-refractivity contribution in [1.29, 1.82) is 0 Å². The fourth-order valence-corrected chi connectivity index (χ4v) is 4.49. The van der Waals surface area contributed by atoms with Crippen LogP contribution in [0.3, 0.4) is 0 Å². The first kappa shape index (κ1) is 27.1. The Balaban J connectivity index is 2.15. The summed E-state index contributed by atoms with van der Waals surface area (Å²) in [6, 6.07) is 2.06. The van der Waals surface area contributed by atoms with Crippen LogP contribution in [0.1, 0.15) is 29.2 Å². The second-order valence-corrected chi connectivity index (χ2v) is 8.55. The molecule has 0 saturated heterocycles. The molecule has 2 rings (SSSR count). The first-order valence-corrected chi connectivity index (χ1v) is 11.1. The number of carboxylic acids is 2. The molecule has 0 spiro atoms. The van der Waals surface area contributed by atoms with Gasteiger partial charge >= 0.3 is 11.9 Å². The van der Waals surface area contributed by atoms with Gasteiger partial charge < -0.3 is 42.1 Å². The fourth-order valence-electron chi connectivity index (χ4n) is 3.18. The number of fused-ring (bicyclic) bond motifs is 1. The number of nitrogens with one attached hydrogen (secondary N) is 2. The van der Waals surface area contributed by atoms with Gasteiger partial charge in [0.1, 0.15) is 18.6 Å². The summed E-state index contributed by atoms with van der Waals surface area (Å²) in [4.78, 5) is 46.4. The zero-order valence-electron chi connectivity index (χ0n) is 17.8. The molecule has 0 radical (unpaired) electrons. The van der Waals surface area contributed by atoms with Crippen LogP contribution in [-0.4, -0.2) is 74.8 Å². The van der Waals surface area contributed by atoms with Gasteiger partial charge in [-0.05, 0) is 18.1 Å². The van der Waals surface area contributed by atoms with Crippen LogP contribution in [0.15, 0.2) is 24.3 Å². The van der Waals surface area contributed by atoms with Crippen molar-refractivity contribution in [1.82, 2.24) is 10.6 Å². The summed E-state index contributed by atoms with van der Waals surface area (Å²) in [6.07, 6.45) is 1.43. The Hall–Kier alpha value is -3.17. The molecular formula is C20H25N4O9S-. The molecule has 2 amide bonds. The summed E-state index contributed by atoms with van der Waals surface area (Å²) in [5.74, 6) is -4.12. The standard InChI is InChI=1S/C20H25N4O9S/c21-12(20(30)31)5-7-16(26)23-13(19(29)22-8-17(27)28)9-34-18-11-2-1-3-14(24(32)33)10(11)4-6-15(18)25/h1-4,6,12-13,15,18,25,32H,5,7-9,21H2,(H,22,29)(H,23,26)(H,27,28)(H,30,31)/q-1. The monoisotopic (exact) mass is 497 g/mol. The number of aliphatic hydroxyl groups is 1. The summed E-state index contributed by atoms with van der Waals surface area (Å²) < 4.78 is 0. The second-order valence-electron chi connectivity index (χ2n) is 7.37. The van der Waals surface area contributed by atoms with Gasteiger partial charge in [0.15, 0.2) is 0 Å². The lowest BCUT2D eigenvalue weighted by Gasteiger charge is -2.31. The van der Waals surface area contributed by atoms with Gasteiger partial charge in [-0.15, -0.1) is 11.8 Å². The molecule has 8 N–H and O–H groups in total. The SMILES string of the molecule is NC(CCC(=O)NC(CSC1c2cccc(N([O-])O)c2C=CC1O)C(=O)NCC(=O)O)C(=O)O. The van der Waals surface area contributed by atoms with Gasteiger partial charge in [-0.3, -0.25) is 24.4 Å². The highest BCUT2D eigenvalue weighted by Crippen LogP contribution is 2.41. The van der Waals surface area contributed by atoms with Crippen LogP contribution >= 0.6 is 11.8 Å². The molecule has 0 heterocycles. The lowest BCUT2D eigenvalue weighted by molar-refractivity contribution is -0.139. The third-order valence-electron chi connectivity index (χ3n) is 4.91. The number of aliphatic hydroxyl groups excluding tert-OH is 1. The van der Waals surface area contributed by atoms with Crippen molar-refractivity contribution >= 4 is 47.3 Å². The predicted molar refractivity (Wildman–Crippen MR) is 122 cm³/mol. The van der Waals surface area contributed by atoms with Crippen molar-refractivity contribution in [2.24, 2.45) is 5.73 Å². The van der Waals surface area contributed by atoms with Gasteiger partial charge in [-0.1, -0.05) is 24.3 Å². The van der Waals surface area contributed by atoms with E-state index in [1.54, 1.807) is 6.07 Å². The van der Waals surface area contributed by atoms with Crippen LogP contribution in [0.5, 0.6) is 0 Å². The Bertz CT molecular complexity index is 956. The number of anilines is 1. The first-order valence-electron chi connectivity index (χ1n) is 10.1. The van der Waals surface area contributed by atoms with Gasteiger partial charge in [-0.2, -0.15) is 0 Å². The molecule has 1 aromatic rings. The Morgan fingerprint density at radius 3 is 2.56 bits per heavy atom. The molecule has 186 valence electrons. The molecular weight excluding hydrogens is 472 g/mol. The molecule has 0 bridgehead atoms. The Morgan fingerprint density at radius 1 is 1.24 bits per heavy atom. The molecule has 1 aromatic carbocycles. The zero-order chi connectivity index (χ0) is 25.4. The highest BCUT2D eigenvalue weighted by Gasteiger charge is 2.30. The molecule has 14 heteroatoms. The maximum Gasteiger partial charge on any atom is 0.322 e. The highest BCUT2D eigenvalue weighted by atomic mass is 32.2. The number of hydrogen-bond donors (Lipinski definition) is 7. The van der Waals surface area contributed by atoms with Crippen molar-refractivity contribution < 1.29 is 39.7 Å². The van der Waals surface area contributed by atoms with E-state index in [-0.39, 0.29) is 29.5 Å². The molecule has 34 heavy (non-hydrogen) atoms. The third-order valence-corrected chi connectivity index (χ3v) is 6.32. The van der Waals surface area contributed by atoms with Crippen LogP contribution in [0.2, 0.25) is 0 Å². The van der Waals surface area contributed by atoms with Crippen molar-refractivity contribution in [3.8, 4) is 0 Å². The number of hydrogen-bond acceptors (Lipinski definition) is 10. The topological polar surface area (TPSA) is 226 Å². The lowest BCUT2D eigenvalue weighted by atomic mass is 9.94. The molecule has 4 atom stereocenters. The van der Waals surface area contributed by atoms with Crippen molar-refractivity contribution in [3.63, 3.8) is 0 Å². The van der Waals surface area contributed by atoms with Crippen LogP contribution in [0, 0.1) is 5.21 Å². The van der Waals surface area contributed by atoms with Crippen molar-refractivity contribution in [3.05, 3.63) is 40.6 Å². The summed E-state index contributed by atoms with van der Waals surface area (Å²) in [7, 11) is 0. The maximum atomic E-state index is 12.5. The van der Waals surface area contributed by atoms with Crippen molar-refractivity contribution in [2.75, 3.05) is 17.5 Å². The van der Waals surface area contributed by atoms with E-state index in [2.05, 4.69) is 10.6 Å². The Kier molecular flexibility index (Phi) is 9.83. The van der Waals surface area contributed by atoms with E-state index < -0.39 is 53.7 Å². The molecule has 1 aliphatic carbocycles. The summed E-state index contributed by atoms with van der Waals surface area (Å²) in [5.41, 5.74) is 6.23. The minimum Gasteiger partial charge on any atom is -0.733 e. The van der Waals surface area contributed by atoms with E-state index in [0.717, 1.165) is 11.8 Å². The minimum absolute atomic E-state index is 0.0370. The Labute approximate surface area is 198 Å². The minimum atomic E-state index is -1.29. The molecule has 13 nitrogen and oxygen atoms in total. The number of carboxylic acid groups (broad SMARTS) is 2. The summed E-state index contributed by atoms with van der Waals surface area (Å²) in [6.45, 7) is -0.684. The lowest BCUT2D eigenvalue weighted by Crippen LogP contribution is -2.49. The number of carbonyl (C=O) groups is 4. The van der Waals surface area contributed by atoms with Gasteiger partial charge in [-0.25, -0.2) is 0 Å². The predicted octanol–water partition coefficient (Wildman–Crippen LogP) is -0.580. The number of amides is 2. The molecule has 1 aliphatic rings. The number of benzene rings is 1. The van der Waals surface area contributed by atoms with Gasteiger partial charge in [0.05, 0.1) is 17.0 Å². The number of thioether (sulfide) groups is 1. The number of aliphatic carboxylic acids is 2. The van der Waals surface area contributed by atoms with Gasteiger partial charge in [0.25, 0.3) is 0 Å². The quantitative estimate of drug-likeness (QED) is 0.180. The van der Waals surface area contributed by atoms with E-state index in [1.807, 2.05) is 0 Å². The molecule has 0 saturated carbocycles. The molecule has 0 fully saturated rings. The third kappa shape index (κ3) is 7.43. The number of rotatable bonds is 12. The van der Waals surface area contributed by atoms with E-state index in [1.165, 1.54) is 24.3 Å². The number of nitrogens with zero attached hydrogens (tertiary/aromatic N) is 1. The van der Waals surface area contributed by atoms with E-state index >= 15 is 0 Å². The zero-order valence-corrected chi connectivity index (χ0v) is 18.6. The van der Waals surface area contributed by atoms with Crippen LogP contribution < -0.4 is 21.6 Å². The molecule has 4 unspecified atom stereocenters. The first-order chi connectivity index (χ1) is 16.0. The average molecular weight is 498 g/mol. The normalized spacial score (nSPS) is 18.4. The highest BCUT2D eigenvalue weighted by molar-refractivity contribution is 7.99. The molecule has 0 aliphatic heterocycles. The van der Waals surface area contributed by atoms with Crippen LogP contribution in [-0.2, 0) is 19.2 Å². The summed E-state index contributed by atoms with van der Waals surface area (Å²) >= 11 is 1.07. The number of carbonyl (C=O) groups excluding carboxylic acids is 2. The molecule has 0 aromatic heterocycles. The van der Waals surface area contributed by atoms with Crippen LogP contribution in [0.25, 0.3) is 6.08 Å². The summed E-state index contributed by atoms with van der Waals surface area (Å²) in [5, 5.41) is 52.5. The smallest absolute Gasteiger partial charge is 0.322 e. The van der Waals surface area contributed by atoms with Crippen LogP contribution in [0.4, 0.5) is 5.69 Å².